The molecule has 1 aliphatic carbocycles. The molecule has 0 aromatic carbocycles. The molecule has 1 rings (SSSR count). The molecule has 0 aromatic rings. The van der Waals surface area contributed by atoms with E-state index in [2.05, 4.69) is 31.7 Å². The fourth-order valence-electron chi connectivity index (χ4n) is 1.99. The van der Waals surface area contributed by atoms with Gasteiger partial charge in [-0.1, -0.05) is 51.7 Å². The van der Waals surface area contributed by atoms with Gasteiger partial charge in [0.05, 0.1) is 0 Å². The summed E-state index contributed by atoms with van der Waals surface area (Å²) in [6.45, 7) is 9.87. The van der Waals surface area contributed by atoms with Crippen LogP contribution in [-0.2, 0) is 4.79 Å². The van der Waals surface area contributed by atoms with Gasteiger partial charge in [-0.25, -0.2) is 0 Å². The smallest absolute Gasteiger partial charge is 0.132 e. The molecule has 1 fully saturated rings. The van der Waals surface area contributed by atoms with Gasteiger partial charge in [-0.2, -0.15) is 0 Å². The van der Waals surface area contributed by atoms with E-state index in [4.69, 9.17) is 0 Å². The maximum absolute atomic E-state index is 11.1. The van der Waals surface area contributed by atoms with Crippen molar-refractivity contribution in [2.75, 3.05) is 0 Å². The fourth-order valence-corrected chi connectivity index (χ4v) is 1.99. The first kappa shape index (κ1) is 15.9. The molecule has 0 amide bonds. The van der Waals surface area contributed by atoms with Crippen LogP contribution in [0.1, 0.15) is 52.9 Å². The maximum Gasteiger partial charge on any atom is 0.132 e. The van der Waals surface area contributed by atoms with Crippen LogP contribution < -0.4 is 0 Å². The van der Waals surface area contributed by atoms with Gasteiger partial charge in [0.15, 0.2) is 0 Å². The second-order valence-electron chi connectivity index (χ2n) is 4.03. The van der Waals surface area contributed by atoms with Gasteiger partial charge in [-0.05, 0) is 30.8 Å². The third-order valence-corrected chi connectivity index (χ3v) is 2.87. The van der Waals surface area contributed by atoms with E-state index >= 15 is 0 Å². The van der Waals surface area contributed by atoms with Crippen LogP contribution in [0.15, 0.2) is 36.5 Å². The number of Topliss-reactive ketones (excluding diaryl/α,β-unsaturated/α-hetero) is 1. The highest BCUT2D eigenvalue weighted by Gasteiger charge is 2.20. The second-order valence-corrected chi connectivity index (χ2v) is 4.03. The molecule has 0 bridgehead atoms. The van der Waals surface area contributed by atoms with Crippen LogP contribution in [0.2, 0.25) is 0 Å². The summed E-state index contributed by atoms with van der Waals surface area (Å²) in [5.41, 5.74) is 1.33. The van der Waals surface area contributed by atoms with Gasteiger partial charge in [-0.15, -0.1) is 0 Å². The Morgan fingerprint density at radius 3 is 2.41 bits per heavy atom. The Balaban J connectivity index is 0.00000121. The quantitative estimate of drug-likeness (QED) is 0.635. The van der Waals surface area contributed by atoms with Crippen LogP contribution >= 0.6 is 0 Å². The molecular weight excluding hydrogens is 208 g/mol. The second kappa shape index (κ2) is 10.1. The van der Waals surface area contributed by atoms with Gasteiger partial charge in [0.25, 0.3) is 0 Å². The van der Waals surface area contributed by atoms with E-state index < -0.39 is 0 Å². The van der Waals surface area contributed by atoms with Crippen molar-refractivity contribution in [1.29, 1.82) is 0 Å². The van der Waals surface area contributed by atoms with E-state index in [1.807, 2.05) is 19.9 Å². The summed E-state index contributed by atoms with van der Waals surface area (Å²) in [5.74, 6) is 0.979. The lowest BCUT2D eigenvalue weighted by molar-refractivity contribution is -0.120. The summed E-state index contributed by atoms with van der Waals surface area (Å²) in [5, 5.41) is 0. The number of carbonyl (C=O) groups excluding carboxylic acids is 1. The molecule has 1 heteroatoms. The van der Waals surface area contributed by atoms with E-state index in [9.17, 15) is 4.79 Å². The number of rotatable bonds is 4. The molecule has 0 unspecified atom stereocenters. The first-order chi connectivity index (χ1) is 8.27. The molecule has 0 radical (unpaired) electrons. The predicted octanol–water partition coefficient (Wildman–Crippen LogP) is 4.85. The Kier molecular flexibility index (Phi) is 9.41. The van der Waals surface area contributed by atoms with Gasteiger partial charge in [-0.3, -0.25) is 4.79 Å². The highest BCUT2D eigenvalue weighted by molar-refractivity contribution is 5.79. The summed E-state index contributed by atoms with van der Waals surface area (Å²) in [4.78, 5) is 11.1. The zero-order valence-electron chi connectivity index (χ0n) is 11.5. The highest BCUT2D eigenvalue weighted by atomic mass is 16.1. The zero-order chi connectivity index (χ0) is 13.1. The summed E-state index contributed by atoms with van der Waals surface area (Å²) in [6, 6.07) is 0. The van der Waals surface area contributed by atoms with Crippen molar-refractivity contribution in [3.05, 3.63) is 36.5 Å². The standard InChI is InChI=1S/C14H20O.C2H6/c1-3-5-7-12(6-4-2)13-8-10-14(15)11-9-13;1-2/h4-7,13H,2-3,8-11H2,1H3;1-2H3/b7-5-,12-6+;. The predicted molar refractivity (Wildman–Crippen MR) is 76.0 cm³/mol. The van der Waals surface area contributed by atoms with Crippen molar-refractivity contribution < 1.29 is 4.79 Å². The third-order valence-electron chi connectivity index (χ3n) is 2.87. The zero-order valence-corrected chi connectivity index (χ0v) is 11.5. The van der Waals surface area contributed by atoms with Crippen LogP contribution in [0.3, 0.4) is 0 Å². The molecule has 0 N–H and O–H groups in total. The third kappa shape index (κ3) is 6.25. The van der Waals surface area contributed by atoms with Crippen LogP contribution in [0.25, 0.3) is 0 Å². The number of hydrogen-bond donors (Lipinski definition) is 0. The number of carbonyl (C=O) groups is 1. The lowest BCUT2D eigenvalue weighted by atomic mass is 9.82. The average Bonchev–Trinajstić information content (AvgIpc) is 2.38. The van der Waals surface area contributed by atoms with Crippen LogP contribution in [-0.4, -0.2) is 5.78 Å². The molecule has 0 aromatic heterocycles. The molecule has 0 aliphatic heterocycles. The van der Waals surface area contributed by atoms with Gasteiger partial charge in [0.1, 0.15) is 5.78 Å². The van der Waals surface area contributed by atoms with Gasteiger partial charge < -0.3 is 0 Å². The highest BCUT2D eigenvalue weighted by Crippen LogP contribution is 2.28. The fraction of sp³-hybridized carbons (Fsp3) is 0.562. The van der Waals surface area contributed by atoms with Crippen LogP contribution in [0.5, 0.6) is 0 Å². The van der Waals surface area contributed by atoms with Crippen molar-refractivity contribution in [3.8, 4) is 0 Å². The number of allylic oxidation sites excluding steroid dienone is 5. The molecule has 0 saturated heterocycles. The Bertz CT molecular complexity index is 274. The summed E-state index contributed by atoms with van der Waals surface area (Å²) < 4.78 is 0. The topological polar surface area (TPSA) is 17.1 Å². The molecule has 0 heterocycles. The summed E-state index contributed by atoms with van der Waals surface area (Å²) in [7, 11) is 0. The first-order valence-corrected chi connectivity index (χ1v) is 6.78. The number of ketones is 1. The average molecular weight is 234 g/mol. The molecule has 1 saturated carbocycles. The largest absolute Gasteiger partial charge is 0.300 e. The Morgan fingerprint density at radius 1 is 1.35 bits per heavy atom. The van der Waals surface area contributed by atoms with E-state index in [0.717, 1.165) is 32.1 Å². The lowest BCUT2D eigenvalue weighted by Crippen LogP contribution is -2.14. The van der Waals surface area contributed by atoms with Crippen molar-refractivity contribution >= 4 is 5.78 Å². The number of hydrogen-bond acceptors (Lipinski definition) is 1. The normalized spacial score (nSPS) is 17.8. The minimum absolute atomic E-state index is 0.420. The van der Waals surface area contributed by atoms with Gasteiger partial charge in [0.2, 0.25) is 0 Å². The van der Waals surface area contributed by atoms with E-state index in [0.29, 0.717) is 11.7 Å². The minimum Gasteiger partial charge on any atom is -0.300 e. The molecule has 1 aliphatic rings. The van der Waals surface area contributed by atoms with Gasteiger partial charge >= 0.3 is 0 Å². The van der Waals surface area contributed by atoms with E-state index in [1.54, 1.807) is 0 Å². The van der Waals surface area contributed by atoms with Crippen molar-refractivity contribution in [1.82, 2.24) is 0 Å². The molecular formula is C16H26O. The Labute approximate surface area is 106 Å². The van der Waals surface area contributed by atoms with Crippen LogP contribution in [0, 0.1) is 5.92 Å². The lowest BCUT2D eigenvalue weighted by Gasteiger charge is -2.22. The Morgan fingerprint density at radius 2 is 1.94 bits per heavy atom. The van der Waals surface area contributed by atoms with Crippen molar-refractivity contribution in [2.45, 2.75) is 52.9 Å². The molecule has 1 nitrogen and oxygen atoms in total. The van der Waals surface area contributed by atoms with Crippen LogP contribution in [0.4, 0.5) is 0 Å². The van der Waals surface area contributed by atoms with E-state index in [-0.39, 0.29) is 0 Å². The van der Waals surface area contributed by atoms with Gasteiger partial charge in [0, 0.05) is 12.8 Å². The molecule has 96 valence electrons. The summed E-state index contributed by atoms with van der Waals surface area (Å²) in [6.07, 6.45) is 12.8. The van der Waals surface area contributed by atoms with Crippen molar-refractivity contribution in [2.24, 2.45) is 5.92 Å². The monoisotopic (exact) mass is 234 g/mol. The Hall–Kier alpha value is -1.11. The molecule has 0 atom stereocenters. The summed E-state index contributed by atoms with van der Waals surface area (Å²) >= 11 is 0. The van der Waals surface area contributed by atoms with Crippen molar-refractivity contribution in [3.63, 3.8) is 0 Å². The SMILES string of the molecule is C=C/C=C(\C=C/CC)C1CCC(=O)CC1.CC. The van der Waals surface area contributed by atoms with E-state index in [1.165, 1.54) is 5.57 Å². The first-order valence-electron chi connectivity index (χ1n) is 6.78. The minimum atomic E-state index is 0.420. The maximum atomic E-state index is 11.1. The molecule has 0 spiro atoms. The molecule has 17 heavy (non-hydrogen) atoms.